The number of hydrogen-bond donors (Lipinski definition) is 1. The molecule has 0 amide bonds. The molecule has 2 rings (SSSR count). The van der Waals surface area contributed by atoms with Crippen molar-refractivity contribution in [1.29, 1.82) is 0 Å². The predicted octanol–water partition coefficient (Wildman–Crippen LogP) is 4.31. The SMILES string of the molecule is CCNCC(Cc1ccccc1)Cc1cc(C)cc(C)c1. The van der Waals surface area contributed by atoms with Crippen LogP contribution in [0.3, 0.4) is 0 Å². The summed E-state index contributed by atoms with van der Waals surface area (Å²) < 4.78 is 0. The van der Waals surface area contributed by atoms with Gasteiger partial charge in [-0.2, -0.15) is 0 Å². The molecule has 0 radical (unpaired) electrons. The van der Waals surface area contributed by atoms with Crippen molar-refractivity contribution in [3.8, 4) is 0 Å². The van der Waals surface area contributed by atoms with Crippen molar-refractivity contribution >= 4 is 0 Å². The fourth-order valence-electron chi connectivity index (χ4n) is 3.03. The van der Waals surface area contributed by atoms with E-state index in [0.717, 1.165) is 25.9 Å². The second-order valence-corrected chi connectivity index (χ2v) is 6.06. The lowest BCUT2D eigenvalue weighted by Gasteiger charge is -2.18. The van der Waals surface area contributed by atoms with Crippen molar-refractivity contribution in [2.45, 2.75) is 33.6 Å². The molecule has 1 unspecified atom stereocenters. The quantitative estimate of drug-likeness (QED) is 0.797. The molecule has 0 fully saturated rings. The van der Waals surface area contributed by atoms with Crippen LogP contribution in [0, 0.1) is 19.8 Å². The van der Waals surface area contributed by atoms with Gasteiger partial charge in [0.2, 0.25) is 0 Å². The minimum absolute atomic E-state index is 0.647. The van der Waals surface area contributed by atoms with Gasteiger partial charge in [0.1, 0.15) is 0 Å². The highest BCUT2D eigenvalue weighted by Gasteiger charge is 2.11. The summed E-state index contributed by atoms with van der Waals surface area (Å²) in [4.78, 5) is 0. The van der Waals surface area contributed by atoms with E-state index in [9.17, 15) is 0 Å². The highest BCUT2D eigenvalue weighted by Crippen LogP contribution is 2.17. The first kappa shape index (κ1) is 15.8. The minimum atomic E-state index is 0.647. The van der Waals surface area contributed by atoms with E-state index in [1.165, 1.54) is 22.3 Å². The van der Waals surface area contributed by atoms with Crippen LogP contribution in [0.5, 0.6) is 0 Å². The molecule has 0 aliphatic heterocycles. The average molecular weight is 281 g/mol. The Hall–Kier alpha value is -1.60. The van der Waals surface area contributed by atoms with Crippen molar-refractivity contribution in [1.82, 2.24) is 5.32 Å². The zero-order chi connectivity index (χ0) is 15.1. The van der Waals surface area contributed by atoms with Crippen molar-refractivity contribution in [3.05, 3.63) is 70.8 Å². The van der Waals surface area contributed by atoms with Crippen LogP contribution < -0.4 is 5.32 Å². The topological polar surface area (TPSA) is 12.0 Å². The largest absolute Gasteiger partial charge is 0.317 e. The summed E-state index contributed by atoms with van der Waals surface area (Å²) in [6, 6.07) is 17.7. The van der Waals surface area contributed by atoms with Gasteiger partial charge < -0.3 is 5.32 Å². The highest BCUT2D eigenvalue weighted by atomic mass is 14.8. The third kappa shape index (κ3) is 5.35. The zero-order valence-corrected chi connectivity index (χ0v) is 13.5. The maximum Gasteiger partial charge on any atom is -0.00143 e. The molecule has 0 saturated carbocycles. The first-order valence-electron chi connectivity index (χ1n) is 7.99. The lowest BCUT2D eigenvalue weighted by molar-refractivity contribution is 0.478. The molecule has 1 atom stereocenters. The third-order valence-corrected chi connectivity index (χ3v) is 3.86. The lowest BCUT2D eigenvalue weighted by atomic mass is 9.91. The monoisotopic (exact) mass is 281 g/mol. The van der Waals surface area contributed by atoms with Crippen molar-refractivity contribution in [3.63, 3.8) is 0 Å². The summed E-state index contributed by atoms with van der Waals surface area (Å²) in [6.45, 7) is 8.67. The van der Waals surface area contributed by atoms with E-state index < -0.39 is 0 Å². The number of benzene rings is 2. The number of nitrogens with one attached hydrogen (secondary N) is 1. The second-order valence-electron chi connectivity index (χ2n) is 6.06. The van der Waals surface area contributed by atoms with E-state index in [4.69, 9.17) is 0 Å². The summed E-state index contributed by atoms with van der Waals surface area (Å²) in [7, 11) is 0. The molecule has 1 N–H and O–H groups in total. The molecule has 2 aromatic rings. The first-order chi connectivity index (χ1) is 10.2. The van der Waals surface area contributed by atoms with E-state index in [1.54, 1.807) is 0 Å². The minimum Gasteiger partial charge on any atom is -0.317 e. The lowest BCUT2D eigenvalue weighted by Crippen LogP contribution is -2.25. The van der Waals surface area contributed by atoms with Crippen LogP contribution in [-0.2, 0) is 12.8 Å². The van der Waals surface area contributed by atoms with Gasteiger partial charge in [-0.15, -0.1) is 0 Å². The Morgan fingerprint density at radius 1 is 0.857 bits per heavy atom. The molecule has 21 heavy (non-hydrogen) atoms. The highest BCUT2D eigenvalue weighted by molar-refractivity contribution is 5.29. The Balaban J connectivity index is 2.08. The smallest absolute Gasteiger partial charge is 0.00143 e. The fourth-order valence-corrected chi connectivity index (χ4v) is 3.03. The van der Waals surface area contributed by atoms with Crippen LogP contribution in [0.4, 0.5) is 0 Å². The number of hydrogen-bond acceptors (Lipinski definition) is 1. The Morgan fingerprint density at radius 3 is 2.10 bits per heavy atom. The second kappa shape index (κ2) is 7.99. The normalized spacial score (nSPS) is 12.3. The van der Waals surface area contributed by atoms with Crippen LogP contribution in [-0.4, -0.2) is 13.1 Å². The van der Waals surface area contributed by atoms with Gasteiger partial charge in [-0.25, -0.2) is 0 Å². The Morgan fingerprint density at radius 2 is 1.48 bits per heavy atom. The van der Waals surface area contributed by atoms with Gasteiger partial charge in [0.15, 0.2) is 0 Å². The molecule has 0 aliphatic rings. The Bertz CT molecular complexity index is 525. The summed E-state index contributed by atoms with van der Waals surface area (Å²) in [5.74, 6) is 0.647. The molecule has 0 saturated heterocycles. The maximum absolute atomic E-state index is 3.52. The molecule has 0 bridgehead atoms. The van der Waals surface area contributed by atoms with Gasteiger partial charge in [-0.05, 0) is 56.8 Å². The fraction of sp³-hybridized carbons (Fsp3) is 0.400. The van der Waals surface area contributed by atoms with E-state index >= 15 is 0 Å². The first-order valence-corrected chi connectivity index (χ1v) is 7.99. The van der Waals surface area contributed by atoms with E-state index in [2.05, 4.69) is 74.6 Å². The number of aryl methyl sites for hydroxylation is 2. The standard InChI is InChI=1S/C20H27N/c1-4-21-15-20(13-18-8-6-5-7-9-18)14-19-11-16(2)10-17(3)12-19/h5-12,20-21H,4,13-15H2,1-3H3. The van der Waals surface area contributed by atoms with Gasteiger partial charge >= 0.3 is 0 Å². The molecular formula is C20H27N. The molecule has 1 nitrogen and oxygen atoms in total. The Labute approximate surface area is 129 Å². The van der Waals surface area contributed by atoms with Crippen LogP contribution >= 0.6 is 0 Å². The van der Waals surface area contributed by atoms with Gasteiger partial charge in [0.05, 0.1) is 0 Å². The van der Waals surface area contributed by atoms with Gasteiger partial charge in [0.25, 0.3) is 0 Å². The summed E-state index contributed by atoms with van der Waals surface area (Å²) in [5, 5.41) is 3.52. The van der Waals surface area contributed by atoms with Crippen LogP contribution in [0.25, 0.3) is 0 Å². The molecule has 2 aromatic carbocycles. The van der Waals surface area contributed by atoms with Gasteiger partial charge in [0, 0.05) is 0 Å². The van der Waals surface area contributed by atoms with Crippen molar-refractivity contribution in [2.24, 2.45) is 5.92 Å². The molecule has 0 aromatic heterocycles. The van der Waals surface area contributed by atoms with Crippen molar-refractivity contribution < 1.29 is 0 Å². The van der Waals surface area contributed by atoms with E-state index in [-0.39, 0.29) is 0 Å². The molecular weight excluding hydrogens is 254 g/mol. The maximum atomic E-state index is 3.52. The van der Waals surface area contributed by atoms with Crippen LogP contribution in [0.1, 0.15) is 29.2 Å². The molecule has 0 heterocycles. The third-order valence-electron chi connectivity index (χ3n) is 3.86. The Kier molecular flexibility index (Phi) is 6.01. The number of rotatable bonds is 7. The summed E-state index contributed by atoms with van der Waals surface area (Å²) >= 11 is 0. The van der Waals surface area contributed by atoms with Gasteiger partial charge in [-0.3, -0.25) is 0 Å². The van der Waals surface area contributed by atoms with E-state index in [0.29, 0.717) is 5.92 Å². The molecule has 0 aliphatic carbocycles. The summed E-state index contributed by atoms with van der Waals surface area (Å²) in [6.07, 6.45) is 2.28. The molecule has 0 spiro atoms. The van der Waals surface area contributed by atoms with Crippen molar-refractivity contribution in [2.75, 3.05) is 13.1 Å². The molecule has 112 valence electrons. The van der Waals surface area contributed by atoms with Gasteiger partial charge in [-0.1, -0.05) is 66.6 Å². The average Bonchev–Trinajstić information content (AvgIpc) is 2.45. The zero-order valence-electron chi connectivity index (χ0n) is 13.5. The summed E-state index contributed by atoms with van der Waals surface area (Å²) in [5.41, 5.74) is 5.63. The predicted molar refractivity (Wildman–Crippen MR) is 91.8 cm³/mol. The van der Waals surface area contributed by atoms with Crippen LogP contribution in [0.15, 0.2) is 48.5 Å². The molecule has 1 heteroatoms. The van der Waals surface area contributed by atoms with Crippen LogP contribution in [0.2, 0.25) is 0 Å². The van der Waals surface area contributed by atoms with E-state index in [1.807, 2.05) is 0 Å².